The molecule has 0 bridgehead atoms. The Morgan fingerprint density at radius 1 is 0.967 bits per heavy atom. The normalized spacial score (nSPS) is 12.5. The third-order valence-electron chi connectivity index (χ3n) is 4.98. The number of rotatable bonds is 4. The number of hydrogen-bond donors (Lipinski definition) is 0. The number of carbonyl (C=O) groups is 3. The Morgan fingerprint density at radius 3 is 2.43 bits per heavy atom. The van der Waals surface area contributed by atoms with Crippen LogP contribution in [0.4, 0.5) is 5.69 Å². The van der Waals surface area contributed by atoms with Gasteiger partial charge in [0.15, 0.2) is 0 Å². The lowest BCUT2D eigenvalue weighted by Crippen LogP contribution is -2.29. The Hall–Kier alpha value is -4.24. The largest absolute Gasteiger partial charge is 0.457 e. The van der Waals surface area contributed by atoms with Gasteiger partial charge in [-0.3, -0.25) is 9.59 Å². The smallest absolute Gasteiger partial charge is 0.338 e. The first-order valence-electron chi connectivity index (χ1n) is 9.25. The molecule has 1 aliphatic heterocycles. The van der Waals surface area contributed by atoms with E-state index in [1.807, 2.05) is 25.1 Å². The van der Waals surface area contributed by atoms with Crippen molar-refractivity contribution in [1.82, 2.24) is 0 Å². The number of esters is 1. The minimum absolute atomic E-state index is 0.0676. The van der Waals surface area contributed by atoms with Crippen molar-refractivity contribution in [2.24, 2.45) is 0 Å². The molecule has 6 nitrogen and oxygen atoms in total. The summed E-state index contributed by atoms with van der Waals surface area (Å²) >= 11 is 0. The first-order chi connectivity index (χ1) is 14.5. The summed E-state index contributed by atoms with van der Waals surface area (Å²) in [6.07, 6.45) is 0. The van der Waals surface area contributed by atoms with Crippen molar-refractivity contribution in [2.75, 3.05) is 4.90 Å². The molecule has 146 valence electrons. The van der Waals surface area contributed by atoms with Crippen molar-refractivity contribution in [1.29, 1.82) is 5.26 Å². The first kappa shape index (κ1) is 19.1. The number of aryl methyl sites for hydroxylation is 1. The number of anilines is 1. The van der Waals surface area contributed by atoms with E-state index in [-0.39, 0.29) is 23.3 Å². The van der Waals surface area contributed by atoms with Crippen molar-refractivity contribution in [3.05, 3.63) is 100 Å². The van der Waals surface area contributed by atoms with Crippen molar-refractivity contribution >= 4 is 23.5 Å². The zero-order chi connectivity index (χ0) is 21.3. The van der Waals surface area contributed by atoms with E-state index in [1.165, 1.54) is 18.2 Å². The summed E-state index contributed by atoms with van der Waals surface area (Å²) in [5, 5.41) is 9.13. The monoisotopic (exact) mass is 396 g/mol. The molecule has 0 spiro atoms. The molecule has 4 rings (SSSR count). The zero-order valence-electron chi connectivity index (χ0n) is 16.1. The molecule has 0 N–H and O–H groups in total. The van der Waals surface area contributed by atoms with Crippen molar-refractivity contribution < 1.29 is 19.1 Å². The molecule has 0 aliphatic carbocycles. The summed E-state index contributed by atoms with van der Waals surface area (Å²) in [6, 6.07) is 20.3. The Balaban J connectivity index is 1.58. The Kier molecular flexibility index (Phi) is 4.87. The van der Waals surface area contributed by atoms with E-state index >= 15 is 0 Å². The summed E-state index contributed by atoms with van der Waals surface area (Å²) in [4.78, 5) is 39.3. The van der Waals surface area contributed by atoms with Crippen LogP contribution < -0.4 is 4.90 Å². The second-order valence-electron chi connectivity index (χ2n) is 6.84. The molecule has 0 atom stereocenters. The van der Waals surface area contributed by atoms with E-state index in [0.717, 1.165) is 10.5 Å². The fraction of sp³-hybridized carbons (Fsp3) is 0.0833. The molecule has 0 saturated carbocycles. The van der Waals surface area contributed by atoms with Gasteiger partial charge < -0.3 is 4.74 Å². The van der Waals surface area contributed by atoms with E-state index in [0.29, 0.717) is 16.8 Å². The van der Waals surface area contributed by atoms with E-state index in [1.54, 1.807) is 36.4 Å². The van der Waals surface area contributed by atoms with Crippen LogP contribution in [0.15, 0.2) is 66.7 Å². The summed E-state index contributed by atoms with van der Waals surface area (Å²) in [7, 11) is 0. The Bertz CT molecular complexity index is 1240. The third-order valence-corrected chi connectivity index (χ3v) is 4.98. The average Bonchev–Trinajstić information content (AvgIpc) is 3.02. The van der Waals surface area contributed by atoms with Gasteiger partial charge in [-0.05, 0) is 42.8 Å². The maximum absolute atomic E-state index is 12.9. The topological polar surface area (TPSA) is 87.5 Å². The fourth-order valence-electron chi connectivity index (χ4n) is 3.38. The Labute approximate surface area is 172 Å². The molecule has 0 saturated heterocycles. The lowest BCUT2D eigenvalue weighted by molar-refractivity contribution is 0.0472. The van der Waals surface area contributed by atoms with Gasteiger partial charge in [0.1, 0.15) is 6.61 Å². The molecule has 30 heavy (non-hydrogen) atoms. The van der Waals surface area contributed by atoms with Gasteiger partial charge in [-0.15, -0.1) is 0 Å². The molecule has 0 radical (unpaired) electrons. The summed E-state index contributed by atoms with van der Waals surface area (Å²) in [6.45, 7) is 1.75. The highest BCUT2D eigenvalue weighted by Gasteiger charge is 2.37. The van der Waals surface area contributed by atoms with Gasteiger partial charge in [-0.2, -0.15) is 5.26 Å². The second kappa shape index (κ2) is 7.64. The number of para-hydroxylation sites is 1. The van der Waals surface area contributed by atoms with Crippen LogP contribution in [0.3, 0.4) is 0 Å². The average molecular weight is 396 g/mol. The summed E-state index contributed by atoms with van der Waals surface area (Å²) in [5.74, 6) is -1.54. The molecule has 6 heteroatoms. The van der Waals surface area contributed by atoms with Gasteiger partial charge in [-0.1, -0.05) is 36.4 Å². The number of ether oxygens (including phenoxy) is 1. The quantitative estimate of drug-likeness (QED) is 0.491. The van der Waals surface area contributed by atoms with E-state index < -0.39 is 17.8 Å². The van der Waals surface area contributed by atoms with Gasteiger partial charge in [0.25, 0.3) is 11.8 Å². The molecular formula is C24H16N2O4. The SMILES string of the molecule is Cc1ccccc1N1C(=O)c2ccc(C(=O)OCc3ccccc3C#N)cc2C1=O. The van der Waals surface area contributed by atoms with Crippen molar-refractivity contribution in [2.45, 2.75) is 13.5 Å². The van der Waals surface area contributed by atoms with Gasteiger partial charge in [-0.25, -0.2) is 9.69 Å². The van der Waals surface area contributed by atoms with Gasteiger partial charge in [0, 0.05) is 5.56 Å². The molecule has 1 aliphatic rings. The fourth-order valence-corrected chi connectivity index (χ4v) is 3.38. The van der Waals surface area contributed by atoms with Gasteiger partial charge in [0.05, 0.1) is 34.0 Å². The number of fused-ring (bicyclic) bond motifs is 1. The lowest BCUT2D eigenvalue weighted by atomic mass is 10.1. The molecule has 3 aromatic carbocycles. The predicted octanol–water partition coefficient (Wildman–Crippen LogP) is 4.02. The molecule has 3 aromatic rings. The number of nitriles is 1. The maximum Gasteiger partial charge on any atom is 0.338 e. The van der Waals surface area contributed by atoms with Gasteiger partial charge in [0.2, 0.25) is 0 Å². The lowest BCUT2D eigenvalue weighted by Gasteiger charge is -2.16. The highest BCUT2D eigenvalue weighted by atomic mass is 16.5. The Morgan fingerprint density at radius 2 is 1.67 bits per heavy atom. The number of amides is 2. The highest BCUT2D eigenvalue weighted by molar-refractivity contribution is 6.34. The molecule has 0 fully saturated rings. The molecule has 2 amide bonds. The second-order valence-corrected chi connectivity index (χ2v) is 6.84. The number of imide groups is 1. The van der Waals surface area contributed by atoms with Crippen molar-refractivity contribution in [3.8, 4) is 6.07 Å². The maximum atomic E-state index is 12.9. The van der Waals surface area contributed by atoms with E-state index in [4.69, 9.17) is 10.00 Å². The van der Waals surface area contributed by atoms with Crippen LogP contribution >= 0.6 is 0 Å². The third kappa shape index (κ3) is 3.23. The number of carbonyl (C=O) groups excluding carboxylic acids is 3. The zero-order valence-corrected chi connectivity index (χ0v) is 16.1. The van der Waals surface area contributed by atoms with Crippen LogP contribution in [-0.4, -0.2) is 17.8 Å². The minimum Gasteiger partial charge on any atom is -0.457 e. The summed E-state index contributed by atoms with van der Waals surface area (Å²) in [5.41, 5.74) is 2.89. The van der Waals surface area contributed by atoms with Crippen LogP contribution in [0.5, 0.6) is 0 Å². The van der Waals surface area contributed by atoms with Crippen LogP contribution in [0.25, 0.3) is 0 Å². The minimum atomic E-state index is -0.639. The number of benzene rings is 3. The summed E-state index contributed by atoms with van der Waals surface area (Å²) < 4.78 is 5.31. The first-order valence-corrected chi connectivity index (χ1v) is 9.25. The standard InChI is InChI=1S/C24H16N2O4/c1-15-6-2-5-9-21(15)26-22(27)19-11-10-16(12-20(19)23(26)28)24(29)30-14-18-8-4-3-7-17(18)13-25/h2-12H,14H2,1H3. The number of hydrogen-bond acceptors (Lipinski definition) is 5. The highest BCUT2D eigenvalue weighted by Crippen LogP contribution is 2.31. The molecule has 0 unspecified atom stereocenters. The van der Waals surface area contributed by atoms with Crippen molar-refractivity contribution in [3.63, 3.8) is 0 Å². The van der Waals surface area contributed by atoms with Crippen LogP contribution in [-0.2, 0) is 11.3 Å². The van der Waals surface area contributed by atoms with Crippen LogP contribution in [0, 0.1) is 18.3 Å². The predicted molar refractivity (Wildman–Crippen MR) is 109 cm³/mol. The molecular weight excluding hydrogens is 380 g/mol. The van der Waals surface area contributed by atoms with Crippen LogP contribution in [0.2, 0.25) is 0 Å². The van der Waals surface area contributed by atoms with E-state index in [9.17, 15) is 14.4 Å². The van der Waals surface area contributed by atoms with Gasteiger partial charge >= 0.3 is 5.97 Å². The molecule has 1 heterocycles. The molecule has 0 aromatic heterocycles. The van der Waals surface area contributed by atoms with Crippen LogP contribution in [0.1, 0.15) is 47.8 Å². The van der Waals surface area contributed by atoms with E-state index in [2.05, 4.69) is 0 Å². The number of nitrogens with zero attached hydrogens (tertiary/aromatic N) is 2.